The van der Waals surface area contributed by atoms with Gasteiger partial charge in [-0.15, -0.1) is 0 Å². The Balaban J connectivity index is 1.84. The largest absolute Gasteiger partial charge is 0.449 e. The molecule has 1 aromatic carbocycles. The molecule has 1 aromatic heterocycles. The average molecular weight is 295 g/mol. The average Bonchev–Trinajstić information content (AvgIpc) is 2.94. The van der Waals surface area contributed by atoms with E-state index in [0.717, 1.165) is 24.4 Å². The molecule has 1 amide bonds. The molecule has 3 rings (SSSR count). The normalized spacial score (nSPS) is 16.7. The number of furan rings is 1. The van der Waals surface area contributed by atoms with Gasteiger partial charge < -0.3 is 14.6 Å². The fraction of sp³-hybridized carbons (Fsp3) is 0.294. The van der Waals surface area contributed by atoms with Crippen LogP contribution in [0.1, 0.15) is 24.0 Å². The zero-order chi connectivity index (χ0) is 15.5. The van der Waals surface area contributed by atoms with Crippen LogP contribution in [0.2, 0.25) is 0 Å². The number of hydrogen-bond donors (Lipinski definition) is 1. The van der Waals surface area contributed by atoms with Crippen molar-refractivity contribution in [3.05, 3.63) is 53.5 Å². The zero-order valence-corrected chi connectivity index (χ0v) is 12.4. The van der Waals surface area contributed by atoms with E-state index in [4.69, 9.17) is 9.68 Å². The number of fused-ring (bicyclic) bond motifs is 1. The topological polar surface area (TPSA) is 69.3 Å². The highest BCUT2D eigenvalue weighted by Crippen LogP contribution is 2.28. The van der Waals surface area contributed by atoms with Gasteiger partial charge in [-0.25, -0.2) is 0 Å². The van der Waals surface area contributed by atoms with Crippen molar-refractivity contribution in [3.63, 3.8) is 0 Å². The first-order chi connectivity index (χ1) is 10.7. The molecule has 5 heteroatoms. The number of carbonyl (C=O) groups is 1. The van der Waals surface area contributed by atoms with Crippen LogP contribution in [0.15, 0.2) is 40.8 Å². The van der Waals surface area contributed by atoms with E-state index in [-0.39, 0.29) is 11.9 Å². The Morgan fingerprint density at radius 2 is 2.23 bits per heavy atom. The fourth-order valence-electron chi connectivity index (χ4n) is 2.93. The quantitative estimate of drug-likeness (QED) is 0.942. The van der Waals surface area contributed by atoms with Crippen LogP contribution in [0.25, 0.3) is 0 Å². The maximum atomic E-state index is 11.3. The lowest BCUT2D eigenvalue weighted by molar-refractivity contribution is -0.119. The van der Waals surface area contributed by atoms with Crippen LogP contribution in [-0.4, -0.2) is 18.5 Å². The van der Waals surface area contributed by atoms with Crippen molar-refractivity contribution in [1.82, 2.24) is 5.32 Å². The molecule has 0 saturated carbocycles. The van der Waals surface area contributed by atoms with Gasteiger partial charge in [0, 0.05) is 19.2 Å². The zero-order valence-electron chi connectivity index (χ0n) is 12.4. The van der Waals surface area contributed by atoms with E-state index in [9.17, 15) is 4.79 Å². The molecule has 0 radical (unpaired) electrons. The molecular weight excluding hydrogens is 278 g/mol. The number of hydrogen-bond acceptors (Lipinski definition) is 4. The summed E-state index contributed by atoms with van der Waals surface area (Å²) >= 11 is 0. The smallest absolute Gasteiger partial charge is 0.217 e. The first-order valence-corrected chi connectivity index (χ1v) is 7.24. The van der Waals surface area contributed by atoms with Crippen LogP contribution in [0.5, 0.6) is 0 Å². The molecule has 0 spiro atoms. The van der Waals surface area contributed by atoms with Crippen LogP contribution in [0.3, 0.4) is 0 Å². The minimum absolute atomic E-state index is 0.0194. The second-order valence-corrected chi connectivity index (χ2v) is 5.49. The monoisotopic (exact) mass is 295 g/mol. The number of amides is 1. The summed E-state index contributed by atoms with van der Waals surface area (Å²) in [5, 5.41) is 11.8. The van der Waals surface area contributed by atoms with E-state index in [1.807, 2.05) is 24.3 Å². The summed E-state index contributed by atoms with van der Waals surface area (Å²) in [6, 6.07) is 13.8. The van der Waals surface area contributed by atoms with Crippen LogP contribution >= 0.6 is 0 Å². The van der Waals surface area contributed by atoms with Gasteiger partial charge in [-0.3, -0.25) is 4.79 Å². The molecule has 22 heavy (non-hydrogen) atoms. The van der Waals surface area contributed by atoms with Gasteiger partial charge in [-0.05, 0) is 30.2 Å². The third-order valence-corrected chi connectivity index (χ3v) is 3.77. The minimum Gasteiger partial charge on any atom is -0.449 e. The van der Waals surface area contributed by atoms with E-state index in [1.165, 1.54) is 12.5 Å². The van der Waals surface area contributed by atoms with E-state index < -0.39 is 0 Å². The molecule has 1 unspecified atom stereocenters. The highest BCUT2D eigenvalue weighted by molar-refractivity contribution is 5.73. The van der Waals surface area contributed by atoms with Crippen LogP contribution < -0.4 is 10.2 Å². The van der Waals surface area contributed by atoms with Crippen molar-refractivity contribution in [1.29, 1.82) is 5.26 Å². The van der Waals surface area contributed by atoms with Gasteiger partial charge in [-0.2, -0.15) is 5.26 Å². The molecule has 5 nitrogen and oxygen atoms in total. The summed E-state index contributed by atoms with van der Waals surface area (Å²) in [5.74, 6) is 1.04. The molecule has 112 valence electrons. The number of rotatable bonds is 3. The first kappa shape index (κ1) is 14.2. The second-order valence-electron chi connectivity index (χ2n) is 5.49. The predicted octanol–water partition coefficient (Wildman–Crippen LogP) is 2.22. The van der Waals surface area contributed by atoms with Gasteiger partial charge in [0.05, 0.1) is 12.6 Å². The standard InChI is InChI=1S/C17H17N3O2/c1-12(21)19-14-8-13-4-2-3-5-17(13)20(10-14)11-16-7-6-15(9-18)22-16/h2-7,14H,8,10-11H2,1H3,(H,19,21). The second kappa shape index (κ2) is 5.94. The summed E-state index contributed by atoms with van der Waals surface area (Å²) in [5.41, 5.74) is 2.36. The van der Waals surface area contributed by atoms with Gasteiger partial charge in [0.2, 0.25) is 11.7 Å². The number of nitrogens with one attached hydrogen (secondary N) is 1. The number of nitriles is 1. The molecule has 1 aliphatic heterocycles. The maximum Gasteiger partial charge on any atom is 0.217 e. The van der Waals surface area contributed by atoms with Crippen molar-refractivity contribution in [3.8, 4) is 6.07 Å². The first-order valence-electron chi connectivity index (χ1n) is 7.24. The van der Waals surface area contributed by atoms with E-state index in [2.05, 4.69) is 22.3 Å². The Labute approximate surface area is 129 Å². The van der Waals surface area contributed by atoms with Crippen molar-refractivity contribution < 1.29 is 9.21 Å². The van der Waals surface area contributed by atoms with E-state index in [1.54, 1.807) is 6.07 Å². The Morgan fingerprint density at radius 3 is 2.95 bits per heavy atom. The van der Waals surface area contributed by atoms with Crippen LogP contribution in [-0.2, 0) is 17.8 Å². The van der Waals surface area contributed by atoms with Gasteiger partial charge in [0.1, 0.15) is 11.8 Å². The van der Waals surface area contributed by atoms with E-state index in [0.29, 0.717) is 12.3 Å². The predicted molar refractivity (Wildman–Crippen MR) is 82.2 cm³/mol. The van der Waals surface area contributed by atoms with Gasteiger partial charge in [0.15, 0.2) is 0 Å². The van der Waals surface area contributed by atoms with Crippen molar-refractivity contribution in [2.45, 2.75) is 25.9 Å². The molecule has 0 aliphatic carbocycles. The third-order valence-electron chi connectivity index (χ3n) is 3.77. The van der Waals surface area contributed by atoms with Gasteiger partial charge in [-0.1, -0.05) is 18.2 Å². The Hall–Kier alpha value is -2.74. The Kier molecular flexibility index (Phi) is 3.84. The minimum atomic E-state index is -0.0194. The summed E-state index contributed by atoms with van der Waals surface area (Å²) in [6.45, 7) is 2.84. The molecule has 1 N–H and O–H groups in total. The number of nitrogens with zero attached hydrogens (tertiary/aromatic N) is 2. The molecule has 0 bridgehead atoms. The Morgan fingerprint density at radius 1 is 1.41 bits per heavy atom. The highest BCUT2D eigenvalue weighted by atomic mass is 16.3. The number of carbonyl (C=O) groups excluding carboxylic acids is 1. The SMILES string of the molecule is CC(=O)NC1Cc2ccccc2N(Cc2ccc(C#N)o2)C1. The molecule has 2 aromatic rings. The molecule has 1 atom stereocenters. The summed E-state index contributed by atoms with van der Waals surface area (Å²) in [7, 11) is 0. The Bertz CT molecular complexity index is 730. The van der Waals surface area contributed by atoms with Crippen molar-refractivity contribution in [2.75, 3.05) is 11.4 Å². The van der Waals surface area contributed by atoms with Crippen molar-refractivity contribution >= 4 is 11.6 Å². The lowest BCUT2D eigenvalue weighted by Gasteiger charge is -2.35. The molecule has 0 fully saturated rings. The molecular formula is C17H17N3O2. The molecule has 1 aliphatic rings. The summed E-state index contributed by atoms with van der Waals surface area (Å²) in [6.07, 6.45) is 0.827. The number of benzene rings is 1. The number of para-hydroxylation sites is 1. The van der Waals surface area contributed by atoms with Crippen LogP contribution in [0, 0.1) is 11.3 Å². The van der Waals surface area contributed by atoms with E-state index >= 15 is 0 Å². The number of anilines is 1. The lowest BCUT2D eigenvalue weighted by Crippen LogP contribution is -2.47. The molecule has 0 saturated heterocycles. The summed E-state index contributed by atoms with van der Waals surface area (Å²) in [4.78, 5) is 13.5. The van der Waals surface area contributed by atoms with Gasteiger partial charge >= 0.3 is 0 Å². The van der Waals surface area contributed by atoms with Crippen molar-refractivity contribution in [2.24, 2.45) is 0 Å². The lowest BCUT2D eigenvalue weighted by atomic mass is 9.97. The third kappa shape index (κ3) is 2.96. The summed E-state index contributed by atoms with van der Waals surface area (Å²) < 4.78 is 5.48. The maximum absolute atomic E-state index is 11.3. The van der Waals surface area contributed by atoms with Crippen LogP contribution in [0.4, 0.5) is 5.69 Å². The highest BCUT2D eigenvalue weighted by Gasteiger charge is 2.25. The fourth-order valence-corrected chi connectivity index (χ4v) is 2.93. The van der Waals surface area contributed by atoms with Gasteiger partial charge in [0.25, 0.3) is 0 Å². The molecule has 2 heterocycles.